The molecule has 0 radical (unpaired) electrons. The molecule has 0 bridgehead atoms. The van der Waals surface area contributed by atoms with Crippen LogP contribution in [0.25, 0.3) is 22.6 Å². The number of carbonyl (C=O) groups excluding carboxylic acids is 1. The maximum atomic E-state index is 11.5. The summed E-state index contributed by atoms with van der Waals surface area (Å²) < 4.78 is 5.55. The second kappa shape index (κ2) is 3.91. The maximum absolute atomic E-state index is 11.5. The van der Waals surface area contributed by atoms with Crippen LogP contribution in [0.1, 0.15) is 17.3 Å². The number of benzene rings is 2. The Morgan fingerprint density at radius 1 is 1.16 bits per heavy atom. The highest BCUT2D eigenvalue weighted by atomic mass is 16.3. The van der Waals surface area contributed by atoms with Crippen molar-refractivity contribution in [3.63, 3.8) is 0 Å². The van der Waals surface area contributed by atoms with E-state index >= 15 is 0 Å². The van der Waals surface area contributed by atoms with E-state index in [1.807, 2.05) is 0 Å². The highest BCUT2D eigenvalue weighted by Gasteiger charge is 2.13. The summed E-state index contributed by atoms with van der Waals surface area (Å²) in [7, 11) is 0. The van der Waals surface area contributed by atoms with E-state index in [1.165, 1.54) is 13.0 Å². The molecule has 5 heteroatoms. The van der Waals surface area contributed by atoms with Crippen LogP contribution in [-0.2, 0) is 0 Å². The number of aromatic nitrogens is 1. The minimum absolute atomic E-state index is 0.112. The molecule has 1 aliphatic heterocycles. The molecule has 19 heavy (non-hydrogen) atoms. The first-order chi connectivity index (χ1) is 9.06. The standard InChI is InChI=1S/C14H9NO4/c1-7(16)8-3-2-4-12-14(8)15-9-5-10(17)11(18)6-13(9)19-12/h2-6,15H,1H3. The van der Waals surface area contributed by atoms with E-state index in [0.717, 1.165) is 6.07 Å². The van der Waals surface area contributed by atoms with Crippen LogP contribution in [0.5, 0.6) is 0 Å². The summed E-state index contributed by atoms with van der Waals surface area (Å²) in [5.41, 5.74) is 0.608. The van der Waals surface area contributed by atoms with Crippen molar-refractivity contribution in [2.75, 3.05) is 0 Å². The van der Waals surface area contributed by atoms with Gasteiger partial charge in [0.2, 0.25) is 10.9 Å². The number of H-pyrrole nitrogens is 1. The number of rotatable bonds is 1. The summed E-state index contributed by atoms with van der Waals surface area (Å²) in [6, 6.07) is 7.38. The lowest BCUT2D eigenvalue weighted by molar-refractivity contribution is 0.101. The van der Waals surface area contributed by atoms with Gasteiger partial charge in [-0.1, -0.05) is 6.07 Å². The van der Waals surface area contributed by atoms with E-state index in [4.69, 9.17) is 4.42 Å². The maximum Gasteiger partial charge on any atom is 0.229 e. The van der Waals surface area contributed by atoms with Gasteiger partial charge in [0.1, 0.15) is 0 Å². The molecule has 0 spiro atoms. The predicted octanol–water partition coefficient (Wildman–Crippen LogP) is 1.79. The summed E-state index contributed by atoms with van der Waals surface area (Å²) in [5.74, 6) is 0.178. The van der Waals surface area contributed by atoms with E-state index in [1.54, 1.807) is 18.2 Å². The third-order valence-corrected chi connectivity index (χ3v) is 2.93. The molecule has 2 aliphatic rings. The van der Waals surface area contributed by atoms with E-state index < -0.39 is 10.9 Å². The zero-order valence-electron chi connectivity index (χ0n) is 10.0. The molecule has 3 rings (SSSR count). The van der Waals surface area contributed by atoms with Crippen molar-refractivity contribution >= 4 is 16.9 Å². The summed E-state index contributed by atoms with van der Waals surface area (Å²) in [4.78, 5) is 37.2. The second-order valence-electron chi connectivity index (χ2n) is 4.26. The quantitative estimate of drug-likeness (QED) is 0.408. The Bertz CT molecular complexity index is 888. The molecule has 94 valence electrons. The Hall–Kier alpha value is -2.69. The predicted molar refractivity (Wildman–Crippen MR) is 69.7 cm³/mol. The third kappa shape index (κ3) is 1.76. The second-order valence-corrected chi connectivity index (χ2v) is 4.26. The first-order valence-corrected chi connectivity index (χ1v) is 5.67. The number of carbonyl (C=O) groups is 1. The summed E-state index contributed by atoms with van der Waals surface area (Å²) in [6.45, 7) is 1.45. The minimum Gasteiger partial charge on any atom is -0.453 e. The Morgan fingerprint density at radius 2 is 1.89 bits per heavy atom. The van der Waals surface area contributed by atoms with Gasteiger partial charge in [-0.25, -0.2) is 0 Å². The van der Waals surface area contributed by atoms with Crippen LogP contribution in [0.15, 0.2) is 44.3 Å². The van der Waals surface area contributed by atoms with Crippen molar-refractivity contribution in [2.24, 2.45) is 0 Å². The summed E-state index contributed by atoms with van der Waals surface area (Å²) >= 11 is 0. The number of Topliss-reactive ketones (excluding diaryl/α,β-unsaturated/α-hetero) is 1. The number of fused-ring (bicyclic) bond motifs is 2. The summed E-state index contributed by atoms with van der Waals surface area (Å²) in [5, 5.41) is 0. The van der Waals surface area contributed by atoms with Gasteiger partial charge in [0.05, 0.1) is 11.2 Å². The summed E-state index contributed by atoms with van der Waals surface area (Å²) in [6.07, 6.45) is 0. The van der Waals surface area contributed by atoms with Crippen molar-refractivity contribution in [3.05, 3.63) is 56.3 Å². The van der Waals surface area contributed by atoms with Gasteiger partial charge >= 0.3 is 0 Å². The largest absolute Gasteiger partial charge is 0.453 e. The van der Waals surface area contributed by atoms with Crippen LogP contribution in [0.2, 0.25) is 0 Å². The zero-order valence-corrected chi connectivity index (χ0v) is 10.0. The molecule has 0 atom stereocenters. The van der Waals surface area contributed by atoms with Crippen molar-refractivity contribution in [1.82, 2.24) is 4.98 Å². The molecular weight excluding hydrogens is 246 g/mol. The van der Waals surface area contributed by atoms with Gasteiger partial charge in [-0.15, -0.1) is 0 Å². The van der Waals surface area contributed by atoms with Crippen molar-refractivity contribution in [3.8, 4) is 11.5 Å². The highest BCUT2D eigenvalue weighted by Crippen LogP contribution is 2.25. The molecule has 5 nitrogen and oxygen atoms in total. The third-order valence-electron chi connectivity index (χ3n) is 2.93. The van der Waals surface area contributed by atoms with E-state index in [2.05, 4.69) is 4.98 Å². The lowest BCUT2D eigenvalue weighted by Crippen LogP contribution is -2.22. The molecule has 0 saturated heterocycles. The number of aromatic amines is 1. The van der Waals surface area contributed by atoms with Gasteiger partial charge in [0.15, 0.2) is 17.1 Å². The monoisotopic (exact) mass is 255 g/mol. The van der Waals surface area contributed by atoms with Gasteiger partial charge < -0.3 is 9.40 Å². The van der Waals surface area contributed by atoms with Crippen molar-refractivity contribution < 1.29 is 9.21 Å². The average Bonchev–Trinajstić information content (AvgIpc) is 2.37. The highest BCUT2D eigenvalue weighted by molar-refractivity contribution is 6.04. The Morgan fingerprint density at radius 3 is 2.63 bits per heavy atom. The minimum atomic E-state index is -0.619. The smallest absolute Gasteiger partial charge is 0.229 e. The number of nitrogens with one attached hydrogen (secondary N) is 1. The van der Waals surface area contributed by atoms with E-state index in [-0.39, 0.29) is 11.5 Å². The number of para-hydroxylation sites is 1. The van der Waals surface area contributed by atoms with Crippen molar-refractivity contribution in [1.29, 1.82) is 0 Å². The molecule has 0 fully saturated rings. The van der Waals surface area contributed by atoms with Gasteiger partial charge in [0, 0.05) is 17.7 Å². The fraction of sp³-hybridized carbons (Fsp3) is 0.0714. The lowest BCUT2D eigenvalue weighted by atomic mass is 10.1. The normalized spacial score (nSPS) is 11.0. The molecule has 1 aliphatic carbocycles. The van der Waals surface area contributed by atoms with Crippen LogP contribution in [-0.4, -0.2) is 10.8 Å². The molecule has 0 saturated carbocycles. The van der Waals surface area contributed by atoms with Gasteiger partial charge in [-0.05, 0) is 19.1 Å². The fourth-order valence-electron chi connectivity index (χ4n) is 2.02. The Labute approximate surface area is 106 Å². The Balaban J connectivity index is 2.50. The molecule has 0 aromatic heterocycles. The Kier molecular flexibility index (Phi) is 2.35. The zero-order chi connectivity index (χ0) is 13.6. The SMILES string of the molecule is CC(=O)c1cccc2oc3cc(=O)c(=O)cc-3[nH]c12. The molecule has 0 amide bonds. The van der Waals surface area contributed by atoms with E-state index in [0.29, 0.717) is 22.4 Å². The van der Waals surface area contributed by atoms with Crippen LogP contribution in [0.4, 0.5) is 0 Å². The number of hydrogen-bond donors (Lipinski definition) is 1. The van der Waals surface area contributed by atoms with Gasteiger partial charge in [-0.2, -0.15) is 0 Å². The molecular formula is C14H9NO4. The molecule has 1 heterocycles. The fourth-order valence-corrected chi connectivity index (χ4v) is 2.02. The molecule has 0 unspecified atom stereocenters. The van der Waals surface area contributed by atoms with Crippen molar-refractivity contribution in [2.45, 2.75) is 6.92 Å². The first-order valence-electron chi connectivity index (χ1n) is 5.67. The molecule has 1 aromatic carbocycles. The molecule has 1 aromatic rings. The van der Waals surface area contributed by atoms with Crippen LogP contribution in [0.3, 0.4) is 0 Å². The van der Waals surface area contributed by atoms with Crippen LogP contribution >= 0.6 is 0 Å². The number of hydrogen-bond acceptors (Lipinski definition) is 4. The van der Waals surface area contributed by atoms with E-state index in [9.17, 15) is 14.4 Å². The number of ketones is 1. The van der Waals surface area contributed by atoms with Crippen LogP contribution in [0, 0.1) is 0 Å². The first kappa shape index (κ1) is 11.4. The average molecular weight is 255 g/mol. The lowest BCUT2D eigenvalue weighted by Gasteiger charge is -2.08. The van der Waals surface area contributed by atoms with Crippen LogP contribution < -0.4 is 10.9 Å². The topological polar surface area (TPSA) is 80.1 Å². The van der Waals surface area contributed by atoms with Gasteiger partial charge in [-0.3, -0.25) is 14.4 Å². The van der Waals surface area contributed by atoms with Gasteiger partial charge in [0.25, 0.3) is 0 Å². The molecule has 1 N–H and O–H groups in total.